The molecule has 0 radical (unpaired) electrons. The lowest BCUT2D eigenvalue weighted by Crippen LogP contribution is -2.23. The van der Waals surface area contributed by atoms with Crippen LogP contribution < -0.4 is 11.3 Å². The van der Waals surface area contributed by atoms with Crippen LogP contribution >= 0.6 is 0 Å². The third-order valence-electron chi connectivity index (χ3n) is 3.00. The average molecular weight is 181 g/mol. The van der Waals surface area contributed by atoms with E-state index in [2.05, 4.69) is 10.2 Å². The van der Waals surface area contributed by atoms with Gasteiger partial charge < -0.3 is 10.8 Å². The lowest BCUT2D eigenvalue weighted by Gasteiger charge is -2.13. The van der Waals surface area contributed by atoms with Crippen molar-refractivity contribution in [3.8, 4) is 0 Å². The van der Waals surface area contributed by atoms with Crippen molar-refractivity contribution in [2.24, 2.45) is 5.73 Å². The molecule has 13 heavy (non-hydrogen) atoms. The van der Waals surface area contributed by atoms with Gasteiger partial charge in [0.2, 0.25) is 0 Å². The number of aromatic amines is 2. The van der Waals surface area contributed by atoms with Crippen LogP contribution in [0.15, 0.2) is 4.79 Å². The van der Waals surface area contributed by atoms with E-state index in [9.17, 15) is 4.79 Å². The minimum absolute atomic E-state index is 0.0194. The fourth-order valence-corrected chi connectivity index (χ4v) is 2.15. The number of hydrogen-bond donors (Lipinski definition) is 3. The fourth-order valence-electron chi connectivity index (χ4n) is 2.15. The zero-order chi connectivity index (χ0) is 9.42. The van der Waals surface area contributed by atoms with Crippen molar-refractivity contribution in [1.29, 1.82) is 0 Å². The summed E-state index contributed by atoms with van der Waals surface area (Å²) < 4.78 is 0. The van der Waals surface area contributed by atoms with Crippen molar-refractivity contribution in [3.05, 3.63) is 21.6 Å². The maximum absolute atomic E-state index is 11.2. The van der Waals surface area contributed by atoms with Crippen LogP contribution in [0.2, 0.25) is 0 Å². The lowest BCUT2D eigenvalue weighted by molar-refractivity contribution is 0.594. The van der Waals surface area contributed by atoms with Crippen LogP contribution in [0.3, 0.4) is 0 Å². The summed E-state index contributed by atoms with van der Waals surface area (Å²) in [5.74, 6) is 0.346. The molecule has 2 rings (SSSR count). The van der Waals surface area contributed by atoms with Gasteiger partial charge in [-0.1, -0.05) is 6.42 Å². The summed E-state index contributed by atoms with van der Waals surface area (Å²) in [5.41, 5.74) is 7.74. The molecule has 0 saturated heterocycles. The highest BCUT2D eigenvalue weighted by Crippen LogP contribution is 2.32. The van der Waals surface area contributed by atoms with Crippen LogP contribution in [-0.4, -0.2) is 16.2 Å². The van der Waals surface area contributed by atoms with Crippen LogP contribution in [0.4, 0.5) is 0 Å². The second kappa shape index (κ2) is 3.03. The topological polar surface area (TPSA) is 74.7 Å². The van der Waals surface area contributed by atoms with Crippen molar-refractivity contribution in [2.45, 2.75) is 38.1 Å². The summed E-state index contributed by atoms with van der Waals surface area (Å²) in [6.45, 7) is 1.84. The Morgan fingerprint density at radius 2 is 2.15 bits per heavy atom. The van der Waals surface area contributed by atoms with E-state index in [-0.39, 0.29) is 11.6 Å². The molecule has 1 fully saturated rings. The van der Waals surface area contributed by atoms with Gasteiger partial charge in [0, 0.05) is 23.2 Å². The molecular weight excluding hydrogens is 166 g/mol. The highest BCUT2D eigenvalue weighted by Gasteiger charge is 2.28. The van der Waals surface area contributed by atoms with Crippen molar-refractivity contribution >= 4 is 0 Å². The Morgan fingerprint density at radius 3 is 2.62 bits per heavy atom. The van der Waals surface area contributed by atoms with Gasteiger partial charge in [0.15, 0.2) is 0 Å². The van der Waals surface area contributed by atoms with Crippen molar-refractivity contribution in [3.63, 3.8) is 0 Å². The van der Waals surface area contributed by atoms with Gasteiger partial charge >= 0.3 is 0 Å². The SMILES string of the molecule is Cc1c(C2CCCC2N)[nH][nH]c1=O. The summed E-state index contributed by atoms with van der Waals surface area (Å²) in [7, 11) is 0. The van der Waals surface area contributed by atoms with Gasteiger partial charge in [-0.05, 0) is 19.8 Å². The molecule has 1 aromatic heterocycles. The maximum atomic E-state index is 11.2. The molecule has 1 heterocycles. The fraction of sp³-hybridized carbons (Fsp3) is 0.667. The number of nitrogens with two attached hydrogens (primary N) is 1. The van der Waals surface area contributed by atoms with Crippen LogP contribution in [-0.2, 0) is 0 Å². The molecule has 0 spiro atoms. The van der Waals surface area contributed by atoms with Gasteiger partial charge in [0.05, 0.1) is 0 Å². The predicted molar refractivity (Wildman–Crippen MR) is 50.7 cm³/mol. The third-order valence-corrected chi connectivity index (χ3v) is 3.00. The maximum Gasteiger partial charge on any atom is 0.267 e. The molecule has 0 aliphatic heterocycles. The molecule has 1 aromatic rings. The molecule has 4 N–H and O–H groups in total. The number of nitrogens with one attached hydrogen (secondary N) is 2. The average Bonchev–Trinajstić information content (AvgIpc) is 2.62. The number of hydrogen-bond acceptors (Lipinski definition) is 2. The largest absolute Gasteiger partial charge is 0.327 e. The lowest BCUT2D eigenvalue weighted by atomic mass is 9.98. The first kappa shape index (κ1) is 8.56. The second-order valence-electron chi connectivity index (χ2n) is 3.82. The number of rotatable bonds is 1. The molecular formula is C9H15N3O. The third kappa shape index (κ3) is 1.31. The minimum Gasteiger partial charge on any atom is -0.327 e. The number of aromatic nitrogens is 2. The summed E-state index contributed by atoms with van der Waals surface area (Å²) in [5, 5.41) is 5.53. The Bertz CT molecular complexity index is 352. The second-order valence-corrected chi connectivity index (χ2v) is 3.82. The van der Waals surface area contributed by atoms with Gasteiger partial charge in [0.25, 0.3) is 5.56 Å². The Kier molecular flexibility index (Phi) is 2.00. The van der Waals surface area contributed by atoms with E-state index >= 15 is 0 Å². The molecule has 1 saturated carbocycles. The molecule has 0 aromatic carbocycles. The highest BCUT2D eigenvalue weighted by atomic mass is 16.1. The zero-order valence-electron chi connectivity index (χ0n) is 7.76. The van der Waals surface area contributed by atoms with E-state index in [1.54, 1.807) is 0 Å². The Balaban J connectivity index is 2.34. The smallest absolute Gasteiger partial charge is 0.267 e. The van der Waals surface area contributed by atoms with Crippen LogP contribution in [0.1, 0.15) is 36.4 Å². The molecule has 72 valence electrons. The Hall–Kier alpha value is -1.03. The zero-order valence-corrected chi connectivity index (χ0v) is 7.76. The Labute approximate surface area is 76.5 Å². The summed E-state index contributed by atoms with van der Waals surface area (Å²) in [4.78, 5) is 11.2. The molecule has 2 unspecified atom stereocenters. The van der Waals surface area contributed by atoms with E-state index in [0.29, 0.717) is 5.92 Å². The predicted octanol–water partition coefficient (Wildman–Crippen LogP) is 0.606. The molecule has 4 heteroatoms. The van der Waals surface area contributed by atoms with E-state index in [1.165, 1.54) is 6.42 Å². The quantitative estimate of drug-likeness (QED) is 0.593. The first-order chi connectivity index (χ1) is 6.20. The molecule has 1 aliphatic carbocycles. The van der Waals surface area contributed by atoms with Gasteiger partial charge in [-0.15, -0.1) is 0 Å². The first-order valence-electron chi connectivity index (χ1n) is 4.73. The van der Waals surface area contributed by atoms with E-state index < -0.39 is 0 Å². The summed E-state index contributed by atoms with van der Waals surface area (Å²) in [6.07, 6.45) is 3.33. The monoisotopic (exact) mass is 181 g/mol. The summed E-state index contributed by atoms with van der Waals surface area (Å²) >= 11 is 0. The molecule has 0 bridgehead atoms. The van der Waals surface area contributed by atoms with E-state index in [4.69, 9.17) is 5.73 Å². The van der Waals surface area contributed by atoms with Gasteiger partial charge in [-0.3, -0.25) is 9.89 Å². The number of H-pyrrole nitrogens is 2. The molecule has 1 aliphatic rings. The normalized spacial score (nSPS) is 28.2. The van der Waals surface area contributed by atoms with Gasteiger partial charge in [-0.2, -0.15) is 0 Å². The molecule has 2 atom stereocenters. The van der Waals surface area contributed by atoms with Crippen LogP contribution in [0, 0.1) is 6.92 Å². The standard InChI is InChI=1S/C9H15N3O/c1-5-8(11-12-9(5)13)6-3-2-4-7(6)10/h6-7H,2-4,10H2,1H3,(H2,11,12,13). The van der Waals surface area contributed by atoms with Crippen molar-refractivity contribution in [1.82, 2.24) is 10.2 Å². The first-order valence-corrected chi connectivity index (χ1v) is 4.73. The Morgan fingerprint density at radius 1 is 1.38 bits per heavy atom. The van der Waals surface area contributed by atoms with Crippen molar-refractivity contribution in [2.75, 3.05) is 0 Å². The van der Waals surface area contributed by atoms with Gasteiger partial charge in [-0.25, -0.2) is 0 Å². The summed E-state index contributed by atoms with van der Waals surface area (Å²) in [6, 6.07) is 0.213. The van der Waals surface area contributed by atoms with E-state index in [1.807, 2.05) is 6.92 Å². The van der Waals surface area contributed by atoms with E-state index in [0.717, 1.165) is 24.1 Å². The minimum atomic E-state index is -0.0194. The van der Waals surface area contributed by atoms with Crippen molar-refractivity contribution < 1.29 is 0 Å². The highest BCUT2D eigenvalue weighted by molar-refractivity contribution is 5.21. The molecule has 0 amide bonds. The van der Waals surface area contributed by atoms with Gasteiger partial charge in [0.1, 0.15) is 0 Å². The molecule has 4 nitrogen and oxygen atoms in total. The van der Waals surface area contributed by atoms with Crippen LogP contribution in [0.25, 0.3) is 0 Å². The van der Waals surface area contributed by atoms with Crippen LogP contribution in [0.5, 0.6) is 0 Å².